The van der Waals surface area contributed by atoms with Gasteiger partial charge in [-0.2, -0.15) is 0 Å². The fourth-order valence-electron chi connectivity index (χ4n) is 2.38. The summed E-state index contributed by atoms with van der Waals surface area (Å²) < 4.78 is 0. The summed E-state index contributed by atoms with van der Waals surface area (Å²) in [4.78, 5) is 2.38. The molecule has 100 valence electrons. The lowest BCUT2D eigenvalue weighted by molar-refractivity contribution is 0.146. The van der Waals surface area contributed by atoms with Gasteiger partial charge in [-0.05, 0) is 44.5 Å². The minimum atomic E-state index is -0.0554. The molecule has 1 heterocycles. The molecule has 4 heteroatoms. The summed E-state index contributed by atoms with van der Waals surface area (Å²) in [5.74, 6) is -0.0928. The highest BCUT2D eigenvalue weighted by Crippen LogP contribution is 2.27. The molecule has 0 bridgehead atoms. The van der Waals surface area contributed by atoms with Crippen molar-refractivity contribution in [3.8, 4) is 11.5 Å². The Balaban J connectivity index is 1.93. The van der Waals surface area contributed by atoms with Crippen LogP contribution >= 0.6 is 0 Å². The number of hydrogen-bond donors (Lipinski definition) is 3. The number of piperidine rings is 1. The lowest BCUT2D eigenvalue weighted by Crippen LogP contribution is -2.49. The fraction of sp³-hybridized carbons (Fsp3) is 0.571. The van der Waals surface area contributed by atoms with Crippen LogP contribution in [0.2, 0.25) is 0 Å². The van der Waals surface area contributed by atoms with E-state index in [-0.39, 0.29) is 17.0 Å². The fourth-order valence-corrected chi connectivity index (χ4v) is 2.38. The van der Waals surface area contributed by atoms with Crippen LogP contribution < -0.4 is 5.32 Å². The highest BCUT2D eigenvalue weighted by molar-refractivity contribution is 5.40. The van der Waals surface area contributed by atoms with Gasteiger partial charge in [0.2, 0.25) is 0 Å². The molecule has 4 nitrogen and oxygen atoms in total. The van der Waals surface area contributed by atoms with E-state index in [4.69, 9.17) is 0 Å². The summed E-state index contributed by atoms with van der Waals surface area (Å²) in [5.41, 5.74) is 1.30. The zero-order valence-electron chi connectivity index (χ0n) is 11.1. The van der Waals surface area contributed by atoms with Crippen LogP contribution in [-0.2, 0) is 6.54 Å². The molecular weight excluding hydrogens is 228 g/mol. The van der Waals surface area contributed by atoms with Crippen molar-refractivity contribution in [3.63, 3.8) is 0 Å². The van der Waals surface area contributed by atoms with Gasteiger partial charge in [0, 0.05) is 25.2 Å². The maximum atomic E-state index is 9.47. The van der Waals surface area contributed by atoms with E-state index in [1.807, 2.05) is 13.1 Å². The van der Waals surface area contributed by atoms with Gasteiger partial charge >= 0.3 is 0 Å². The number of aromatic hydroxyl groups is 2. The molecule has 0 spiro atoms. The number of nitrogens with zero attached hydrogens (tertiary/aromatic N) is 1. The predicted molar refractivity (Wildman–Crippen MR) is 71.7 cm³/mol. The molecule has 1 fully saturated rings. The Morgan fingerprint density at radius 3 is 2.44 bits per heavy atom. The number of hydrogen-bond acceptors (Lipinski definition) is 4. The van der Waals surface area contributed by atoms with E-state index < -0.39 is 0 Å². The molecule has 0 aromatic heterocycles. The van der Waals surface area contributed by atoms with Crippen molar-refractivity contribution < 1.29 is 10.2 Å². The zero-order chi connectivity index (χ0) is 13.2. The molecule has 0 unspecified atom stereocenters. The highest BCUT2D eigenvalue weighted by Gasteiger charge is 2.28. The quantitative estimate of drug-likeness (QED) is 0.714. The van der Waals surface area contributed by atoms with E-state index in [1.54, 1.807) is 12.1 Å². The van der Waals surface area contributed by atoms with Crippen LogP contribution in [0.1, 0.15) is 25.3 Å². The van der Waals surface area contributed by atoms with Gasteiger partial charge in [0.05, 0.1) is 0 Å². The Morgan fingerprint density at radius 1 is 1.22 bits per heavy atom. The standard InChI is InChI=1S/C14H22N2O2/c1-14(15-2)5-7-16(8-6-14)10-11-3-4-12(17)13(18)9-11/h3-4,9,15,17-18H,5-8,10H2,1-2H3. The van der Waals surface area contributed by atoms with Crippen LogP contribution in [0.15, 0.2) is 18.2 Å². The molecule has 3 N–H and O–H groups in total. The summed E-state index contributed by atoms with van der Waals surface area (Å²) in [5, 5.41) is 22.1. The maximum Gasteiger partial charge on any atom is 0.157 e. The normalized spacial score (nSPS) is 19.9. The average Bonchev–Trinajstić information content (AvgIpc) is 2.37. The van der Waals surface area contributed by atoms with Crippen LogP contribution in [-0.4, -0.2) is 40.8 Å². The molecule has 2 rings (SSSR count). The predicted octanol–water partition coefficient (Wildman–Crippen LogP) is 1.67. The van der Waals surface area contributed by atoms with Crippen molar-refractivity contribution in [2.45, 2.75) is 31.8 Å². The van der Waals surface area contributed by atoms with E-state index in [2.05, 4.69) is 17.1 Å². The molecule has 18 heavy (non-hydrogen) atoms. The summed E-state index contributed by atoms with van der Waals surface area (Å²) >= 11 is 0. The summed E-state index contributed by atoms with van der Waals surface area (Å²) in [6.07, 6.45) is 2.27. The number of benzene rings is 1. The SMILES string of the molecule is CNC1(C)CCN(Cc2ccc(O)c(O)c2)CC1. The molecule has 0 saturated carbocycles. The van der Waals surface area contributed by atoms with Gasteiger partial charge in [0.1, 0.15) is 0 Å². The van der Waals surface area contributed by atoms with Gasteiger partial charge in [-0.15, -0.1) is 0 Å². The number of phenolic OH excluding ortho intramolecular Hbond substituents is 2. The Bertz CT molecular complexity index is 412. The number of likely N-dealkylation sites (tertiary alicyclic amines) is 1. The second kappa shape index (κ2) is 5.16. The number of phenols is 2. The monoisotopic (exact) mass is 250 g/mol. The molecule has 0 radical (unpaired) electrons. The van der Waals surface area contributed by atoms with Gasteiger partial charge in [0.25, 0.3) is 0 Å². The number of rotatable bonds is 3. The van der Waals surface area contributed by atoms with Gasteiger partial charge < -0.3 is 15.5 Å². The van der Waals surface area contributed by atoms with Crippen LogP contribution in [0.3, 0.4) is 0 Å². The largest absolute Gasteiger partial charge is 0.504 e. The van der Waals surface area contributed by atoms with Gasteiger partial charge in [0.15, 0.2) is 11.5 Å². The van der Waals surface area contributed by atoms with Crippen molar-refractivity contribution in [2.75, 3.05) is 20.1 Å². The summed E-state index contributed by atoms with van der Waals surface area (Å²) in [6.45, 7) is 5.20. The first-order valence-corrected chi connectivity index (χ1v) is 6.44. The van der Waals surface area contributed by atoms with E-state index in [0.717, 1.165) is 38.0 Å². The first-order valence-electron chi connectivity index (χ1n) is 6.44. The molecule has 1 aromatic rings. The van der Waals surface area contributed by atoms with Crippen LogP contribution in [0.5, 0.6) is 11.5 Å². The third kappa shape index (κ3) is 2.94. The van der Waals surface area contributed by atoms with Gasteiger partial charge in [-0.1, -0.05) is 6.07 Å². The second-order valence-corrected chi connectivity index (χ2v) is 5.41. The minimum absolute atomic E-state index is 0.0374. The van der Waals surface area contributed by atoms with E-state index in [9.17, 15) is 10.2 Å². The molecule has 0 amide bonds. The van der Waals surface area contributed by atoms with Crippen molar-refractivity contribution >= 4 is 0 Å². The lowest BCUT2D eigenvalue weighted by atomic mass is 9.90. The molecule has 1 aliphatic rings. The van der Waals surface area contributed by atoms with Crippen LogP contribution in [0, 0.1) is 0 Å². The Morgan fingerprint density at radius 2 is 1.89 bits per heavy atom. The first kappa shape index (κ1) is 13.2. The van der Waals surface area contributed by atoms with Crippen LogP contribution in [0.25, 0.3) is 0 Å². The third-order valence-corrected chi connectivity index (χ3v) is 4.01. The molecule has 0 atom stereocenters. The smallest absolute Gasteiger partial charge is 0.157 e. The average molecular weight is 250 g/mol. The Kier molecular flexibility index (Phi) is 3.78. The van der Waals surface area contributed by atoms with Gasteiger partial charge in [-0.3, -0.25) is 4.90 Å². The van der Waals surface area contributed by atoms with E-state index in [0.29, 0.717) is 0 Å². The van der Waals surface area contributed by atoms with Crippen LogP contribution in [0.4, 0.5) is 0 Å². The van der Waals surface area contributed by atoms with Gasteiger partial charge in [-0.25, -0.2) is 0 Å². The highest BCUT2D eigenvalue weighted by atomic mass is 16.3. The van der Waals surface area contributed by atoms with Crippen molar-refractivity contribution in [1.29, 1.82) is 0 Å². The molecular formula is C14H22N2O2. The third-order valence-electron chi connectivity index (χ3n) is 4.01. The molecule has 1 aliphatic heterocycles. The molecule has 1 aromatic carbocycles. The Hall–Kier alpha value is -1.26. The van der Waals surface area contributed by atoms with E-state index in [1.165, 1.54) is 0 Å². The van der Waals surface area contributed by atoms with E-state index >= 15 is 0 Å². The lowest BCUT2D eigenvalue weighted by Gasteiger charge is -2.39. The van der Waals surface area contributed by atoms with Crippen molar-refractivity contribution in [3.05, 3.63) is 23.8 Å². The summed E-state index contributed by atoms with van der Waals surface area (Å²) in [6, 6.07) is 5.05. The number of nitrogens with one attached hydrogen (secondary N) is 1. The molecule has 1 saturated heterocycles. The van der Waals surface area contributed by atoms with Crippen molar-refractivity contribution in [2.24, 2.45) is 0 Å². The zero-order valence-corrected chi connectivity index (χ0v) is 11.1. The Labute approximate surface area is 108 Å². The topological polar surface area (TPSA) is 55.7 Å². The molecule has 0 aliphatic carbocycles. The summed E-state index contributed by atoms with van der Waals surface area (Å²) in [7, 11) is 2.02. The maximum absolute atomic E-state index is 9.47. The van der Waals surface area contributed by atoms with Crippen molar-refractivity contribution in [1.82, 2.24) is 10.2 Å². The first-order chi connectivity index (χ1) is 8.52. The minimum Gasteiger partial charge on any atom is -0.504 e. The second-order valence-electron chi connectivity index (χ2n) is 5.41.